The minimum Gasteiger partial charge on any atom is -0.357 e. The van der Waals surface area contributed by atoms with E-state index in [1.54, 1.807) is 17.8 Å². The molecule has 3 aromatic carbocycles. The van der Waals surface area contributed by atoms with Crippen LogP contribution < -0.4 is 10.6 Å². The molecule has 6 nitrogen and oxygen atoms in total. The zero-order chi connectivity index (χ0) is 24.8. The first-order valence-corrected chi connectivity index (χ1v) is 12.7. The number of halogens is 2. The number of likely N-dealkylation sites (N-methyl/N-ethyl adjacent to an activating group) is 1. The Kier molecular flexibility index (Phi) is 8.15. The van der Waals surface area contributed by atoms with Crippen LogP contribution in [0.15, 0.2) is 93.9 Å². The van der Waals surface area contributed by atoms with Crippen molar-refractivity contribution in [1.82, 2.24) is 20.4 Å². The van der Waals surface area contributed by atoms with Gasteiger partial charge < -0.3 is 10.6 Å². The number of hydrogen-bond donors (Lipinski definition) is 2. The van der Waals surface area contributed by atoms with Crippen LogP contribution in [0.25, 0.3) is 11.3 Å². The lowest BCUT2D eigenvalue weighted by atomic mass is 10.0. The van der Waals surface area contributed by atoms with Gasteiger partial charge in [0, 0.05) is 28.0 Å². The second kappa shape index (κ2) is 11.5. The molecule has 0 saturated carbocycles. The third kappa shape index (κ3) is 6.46. The molecule has 2 amide bonds. The van der Waals surface area contributed by atoms with Crippen molar-refractivity contribution in [3.8, 4) is 11.3 Å². The number of amides is 2. The molecule has 0 aliphatic rings. The Morgan fingerprint density at radius 1 is 0.886 bits per heavy atom. The molecule has 1 atom stereocenters. The lowest BCUT2D eigenvalue weighted by molar-refractivity contribution is -0.122. The van der Waals surface area contributed by atoms with Gasteiger partial charge >= 0.3 is 0 Å². The van der Waals surface area contributed by atoms with Crippen molar-refractivity contribution in [2.24, 2.45) is 0 Å². The van der Waals surface area contributed by atoms with E-state index in [-0.39, 0.29) is 11.8 Å². The molecule has 2 N–H and O–H groups in total. The number of nitrogens with zero attached hydrogens (tertiary/aromatic N) is 2. The summed E-state index contributed by atoms with van der Waals surface area (Å²) in [7, 11) is 1.56. The van der Waals surface area contributed by atoms with Gasteiger partial charge in [-0.25, -0.2) is 0 Å². The second-order valence-electron chi connectivity index (χ2n) is 8.04. The van der Waals surface area contributed by atoms with Crippen molar-refractivity contribution in [2.45, 2.75) is 19.0 Å². The molecule has 0 fully saturated rings. The third-order valence-corrected chi connectivity index (χ3v) is 6.55. The van der Waals surface area contributed by atoms with Crippen LogP contribution in [0.5, 0.6) is 0 Å². The summed E-state index contributed by atoms with van der Waals surface area (Å²) in [6.07, 6.45) is 0.365. The summed E-state index contributed by atoms with van der Waals surface area (Å²) in [6, 6.07) is 26.3. The summed E-state index contributed by atoms with van der Waals surface area (Å²) in [5.41, 5.74) is 3.92. The van der Waals surface area contributed by atoms with Gasteiger partial charge in [-0.15, -0.1) is 0 Å². The van der Waals surface area contributed by atoms with Gasteiger partial charge in [-0.1, -0.05) is 86.5 Å². The predicted octanol–water partition coefficient (Wildman–Crippen LogP) is 5.21. The molecule has 8 heteroatoms. The molecule has 0 aliphatic heterocycles. The van der Waals surface area contributed by atoms with E-state index in [1.165, 1.54) is 0 Å². The molecule has 0 aliphatic carbocycles. The van der Waals surface area contributed by atoms with Crippen molar-refractivity contribution in [3.05, 3.63) is 111 Å². The van der Waals surface area contributed by atoms with Crippen LogP contribution in [0.4, 0.5) is 0 Å². The molecule has 0 radical (unpaired) electrons. The molecule has 35 heavy (non-hydrogen) atoms. The monoisotopic (exact) mass is 594 g/mol. The summed E-state index contributed by atoms with van der Waals surface area (Å²) in [6.45, 7) is 0.409. The van der Waals surface area contributed by atoms with E-state index in [0.29, 0.717) is 24.4 Å². The van der Waals surface area contributed by atoms with Crippen molar-refractivity contribution >= 4 is 43.7 Å². The smallest absolute Gasteiger partial charge is 0.270 e. The minimum atomic E-state index is -0.733. The molecule has 0 spiro atoms. The Balaban J connectivity index is 1.64. The molecule has 1 aromatic heterocycles. The Bertz CT molecular complexity index is 1320. The van der Waals surface area contributed by atoms with E-state index in [2.05, 4.69) is 42.5 Å². The topological polar surface area (TPSA) is 76.0 Å². The number of carbonyl (C=O) groups is 2. The first-order chi connectivity index (χ1) is 16.9. The van der Waals surface area contributed by atoms with Crippen molar-refractivity contribution in [2.75, 3.05) is 7.05 Å². The maximum absolute atomic E-state index is 13.5. The number of aromatic nitrogens is 2. The molecule has 178 valence electrons. The molecule has 4 rings (SSSR count). The SMILES string of the molecule is CNC(=O)[C@H](Cc1ccc(Br)cc1)NC(=O)c1cc(-c2ccccc2)nn1Cc1cccc(Br)c1. The average molecular weight is 596 g/mol. The second-order valence-corrected chi connectivity index (χ2v) is 9.87. The van der Waals surface area contributed by atoms with E-state index in [0.717, 1.165) is 25.6 Å². The van der Waals surface area contributed by atoms with Crippen molar-refractivity contribution in [3.63, 3.8) is 0 Å². The zero-order valence-electron chi connectivity index (χ0n) is 19.0. The van der Waals surface area contributed by atoms with Crippen LogP contribution >= 0.6 is 31.9 Å². The quantitative estimate of drug-likeness (QED) is 0.294. The first-order valence-electron chi connectivity index (χ1n) is 11.1. The molecular weight excluding hydrogens is 572 g/mol. The molecule has 0 unspecified atom stereocenters. The zero-order valence-corrected chi connectivity index (χ0v) is 22.2. The summed E-state index contributed by atoms with van der Waals surface area (Å²) < 4.78 is 3.58. The first kappa shape index (κ1) is 24.9. The summed E-state index contributed by atoms with van der Waals surface area (Å²) in [4.78, 5) is 26.1. The van der Waals surface area contributed by atoms with E-state index in [1.807, 2.05) is 78.9 Å². The van der Waals surface area contributed by atoms with E-state index < -0.39 is 6.04 Å². The van der Waals surface area contributed by atoms with Crippen LogP contribution in [0, 0.1) is 0 Å². The van der Waals surface area contributed by atoms with Gasteiger partial charge in [0.05, 0.1) is 12.2 Å². The van der Waals surface area contributed by atoms with Crippen LogP contribution in [-0.4, -0.2) is 34.7 Å². The highest BCUT2D eigenvalue weighted by Crippen LogP contribution is 2.21. The summed E-state index contributed by atoms with van der Waals surface area (Å²) in [5.74, 6) is -0.622. The van der Waals surface area contributed by atoms with Crippen LogP contribution in [0.3, 0.4) is 0 Å². The average Bonchev–Trinajstić information content (AvgIpc) is 3.29. The third-order valence-electron chi connectivity index (χ3n) is 5.52. The van der Waals surface area contributed by atoms with E-state index >= 15 is 0 Å². The van der Waals surface area contributed by atoms with Crippen LogP contribution in [0.2, 0.25) is 0 Å². The normalized spacial score (nSPS) is 11.6. The fraction of sp³-hybridized carbons (Fsp3) is 0.148. The predicted molar refractivity (Wildman–Crippen MR) is 144 cm³/mol. The van der Waals surface area contributed by atoms with Crippen molar-refractivity contribution in [1.29, 1.82) is 0 Å². The minimum absolute atomic E-state index is 0.261. The van der Waals surface area contributed by atoms with Crippen LogP contribution in [0.1, 0.15) is 21.6 Å². The molecule has 4 aromatic rings. The fourth-order valence-electron chi connectivity index (χ4n) is 3.75. The fourth-order valence-corrected chi connectivity index (χ4v) is 4.46. The number of hydrogen-bond acceptors (Lipinski definition) is 3. The number of carbonyl (C=O) groups excluding carboxylic acids is 2. The lowest BCUT2D eigenvalue weighted by Crippen LogP contribution is -2.47. The van der Waals surface area contributed by atoms with E-state index in [9.17, 15) is 9.59 Å². The number of rotatable bonds is 8. The Morgan fingerprint density at radius 2 is 1.63 bits per heavy atom. The van der Waals surface area contributed by atoms with Crippen LogP contribution in [-0.2, 0) is 17.8 Å². The molecule has 0 bridgehead atoms. The van der Waals surface area contributed by atoms with Gasteiger partial charge in [0.2, 0.25) is 5.91 Å². The lowest BCUT2D eigenvalue weighted by Gasteiger charge is -2.18. The molecular formula is C27H24Br2N4O2. The van der Waals surface area contributed by atoms with Gasteiger partial charge in [0.1, 0.15) is 11.7 Å². The van der Waals surface area contributed by atoms with Gasteiger partial charge in [-0.05, 0) is 41.5 Å². The highest BCUT2D eigenvalue weighted by molar-refractivity contribution is 9.10. The summed E-state index contributed by atoms with van der Waals surface area (Å²) in [5, 5.41) is 10.3. The highest BCUT2D eigenvalue weighted by Gasteiger charge is 2.24. The Hall–Kier alpha value is -3.23. The maximum atomic E-state index is 13.5. The number of nitrogens with one attached hydrogen (secondary N) is 2. The van der Waals surface area contributed by atoms with Gasteiger partial charge in [0.25, 0.3) is 5.91 Å². The standard InChI is InChI=1S/C27H24Br2N4O2/c1-30-26(34)24(15-18-10-12-21(28)13-11-18)31-27(35)25-16-23(20-7-3-2-4-8-20)32-33(25)17-19-6-5-9-22(29)14-19/h2-14,16,24H,15,17H2,1H3,(H,30,34)(H,31,35)/t24-/m0/s1. The van der Waals surface area contributed by atoms with Crippen molar-refractivity contribution < 1.29 is 9.59 Å². The van der Waals surface area contributed by atoms with Gasteiger partial charge in [-0.2, -0.15) is 5.10 Å². The maximum Gasteiger partial charge on any atom is 0.270 e. The van der Waals surface area contributed by atoms with E-state index in [4.69, 9.17) is 5.10 Å². The Morgan fingerprint density at radius 3 is 2.31 bits per heavy atom. The summed E-state index contributed by atoms with van der Waals surface area (Å²) >= 11 is 6.93. The Labute approximate surface area is 221 Å². The molecule has 0 saturated heterocycles. The molecule has 1 heterocycles. The highest BCUT2D eigenvalue weighted by atomic mass is 79.9. The number of benzene rings is 3. The van der Waals surface area contributed by atoms with Gasteiger partial charge in [0.15, 0.2) is 0 Å². The van der Waals surface area contributed by atoms with Gasteiger partial charge in [-0.3, -0.25) is 14.3 Å². The largest absolute Gasteiger partial charge is 0.357 e.